The van der Waals surface area contributed by atoms with Crippen molar-refractivity contribution in [2.24, 2.45) is 0 Å². The lowest BCUT2D eigenvalue weighted by Gasteiger charge is -2.13. The molecule has 2 nitrogen and oxygen atoms in total. The summed E-state index contributed by atoms with van der Waals surface area (Å²) in [6.45, 7) is 1.92. The van der Waals surface area contributed by atoms with Crippen LogP contribution in [0.5, 0.6) is 11.5 Å². The molecule has 2 aromatic rings. The van der Waals surface area contributed by atoms with Gasteiger partial charge in [0.15, 0.2) is 11.6 Å². The third kappa shape index (κ3) is 3.73. The van der Waals surface area contributed by atoms with E-state index in [-0.39, 0.29) is 22.6 Å². The SMILES string of the molecule is CNC(C)c1ccc(Oc2cc(F)c(Cl)cc2Br)c(F)c1. The zero-order chi connectivity index (χ0) is 15.6. The average Bonchev–Trinajstić information content (AvgIpc) is 2.45. The van der Waals surface area contributed by atoms with Gasteiger partial charge < -0.3 is 10.1 Å². The molecule has 0 amide bonds. The molecule has 2 aromatic carbocycles. The van der Waals surface area contributed by atoms with Crippen LogP contribution in [-0.2, 0) is 0 Å². The maximum Gasteiger partial charge on any atom is 0.166 e. The van der Waals surface area contributed by atoms with Crippen LogP contribution >= 0.6 is 27.5 Å². The van der Waals surface area contributed by atoms with Crippen molar-refractivity contribution in [1.29, 1.82) is 0 Å². The second-order valence-corrected chi connectivity index (χ2v) is 5.76. The Morgan fingerprint density at radius 3 is 2.48 bits per heavy atom. The molecule has 0 aliphatic rings. The predicted octanol–water partition coefficient (Wildman–Crippen LogP) is 5.45. The van der Waals surface area contributed by atoms with E-state index in [0.717, 1.165) is 11.6 Å². The van der Waals surface area contributed by atoms with E-state index in [0.29, 0.717) is 4.47 Å². The summed E-state index contributed by atoms with van der Waals surface area (Å²) in [5.41, 5.74) is 0.795. The van der Waals surface area contributed by atoms with Crippen LogP contribution in [0.25, 0.3) is 0 Å². The lowest BCUT2D eigenvalue weighted by molar-refractivity contribution is 0.435. The van der Waals surface area contributed by atoms with E-state index in [2.05, 4.69) is 21.2 Å². The Hall–Kier alpha value is -1.17. The van der Waals surface area contributed by atoms with Gasteiger partial charge in [-0.1, -0.05) is 17.7 Å². The summed E-state index contributed by atoms with van der Waals surface area (Å²) in [6, 6.07) is 7.14. The molecule has 1 N–H and O–H groups in total. The largest absolute Gasteiger partial charge is 0.453 e. The van der Waals surface area contributed by atoms with Gasteiger partial charge in [-0.3, -0.25) is 0 Å². The lowest BCUT2D eigenvalue weighted by Crippen LogP contribution is -2.12. The molecule has 2 rings (SSSR count). The zero-order valence-electron chi connectivity index (χ0n) is 11.4. The standard InChI is InChI=1S/C15H13BrClF2NO/c1-8(20-2)9-3-4-14(13(19)5-9)21-15-7-12(18)11(17)6-10(15)16/h3-8,20H,1-2H3. The maximum atomic E-state index is 14.1. The van der Waals surface area contributed by atoms with Crippen molar-refractivity contribution in [3.8, 4) is 11.5 Å². The normalized spacial score (nSPS) is 12.3. The molecule has 1 atom stereocenters. The average molecular weight is 377 g/mol. The first-order valence-corrected chi connectivity index (χ1v) is 7.38. The molecule has 0 aliphatic heterocycles. The molecule has 0 fully saturated rings. The van der Waals surface area contributed by atoms with E-state index in [4.69, 9.17) is 16.3 Å². The zero-order valence-corrected chi connectivity index (χ0v) is 13.7. The van der Waals surface area contributed by atoms with Crippen molar-refractivity contribution in [3.05, 3.63) is 57.0 Å². The highest BCUT2D eigenvalue weighted by Crippen LogP contribution is 2.35. The van der Waals surface area contributed by atoms with Crippen molar-refractivity contribution in [2.45, 2.75) is 13.0 Å². The van der Waals surface area contributed by atoms with Gasteiger partial charge in [-0.05, 0) is 53.7 Å². The molecule has 6 heteroatoms. The molecular weight excluding hydrogens is 364 g/mol. The Bertz CT molecular complexity index is 666. The van der Waals surface area contributed by atoms with Crippen LogP contribution < -0.4 is 10.1 Å². The van der Waals surface area contributed by atoms with Gasteiger partial charge in [-0.15, -0.1) is 0 Å². The number of hydrogen-bond donors (Lipinski definition) is 1. The molecule has 0 saturated heterocycles. The highest BCUT2D eigenvalue weighted by Gasteiger charge is 2.13. The van der Waals surface area contributed by atoms with Crippen LogP contribution in [0.1, 0.15) is 18.5 Å². The summed E-state index contributed by atoms with van der Waals surface area (Å²) in [4.78, 5) is 0. The quantitative estimate of drug-likeness (QED) is 0.716. The lowest BCUT2D eigenvalue weighted by atomic mass is 10.1. The predicted molar refractivity (Wildman–Crippen MR) is 83.1 cm³/mol. The number of benzene rings is 2. The monoisotopic (exact) mass is 375 g/mol. The Morgan fingerprint density at radius 1 is 1.14 bits per heavy atom. The molecule has 0 aliphatic carbocycles. The smallest absolute Gasteiger partial charge is 0.166 e. The van der Waals surface area contributed by atoms with Gasteiger partial charge in [0.25, 0.3) is 0 Å². The van der Waals surface area contributed by atoms with Crippen LogP contribution in [-0.4, -0.2) is 7.05 Å². The van der Waals surface area contributed by atoms with Crippen LogP contribution in [0.3, 0.4) is 0 Å². The molecule has 0 heterocycles. The number of halogens is 4. The summed E-state index contributed by atoms with van der Waals surface area (Å²) in [6.07, 6.45) is 0. The summed E-state index contributed by atoms with van der Waals surface area (Å²) < 4.78 is 33.3. The van der Waals surface area contributed by atoms with Gasteiger partial charge in [0.1, 0.15) is 11.6 Å². The van der Waals surface area contributed by atoms with E-state index in [9.17, 15) is 8.78 Å². The maximum absolute atomic E-state index is 14.1. The van der Waals surface area contributed by atoms with E-state index >= 15 is 0 Å². The van der Waals surface area contributed by atoms with E-state index in [1.807, 2.05) is 6.92 Å². The molecule has 21 heavy (non-hydrogen) atoms. The second-order valence-electron chi connectivity index (χ2n) is 4.50. The first kappa shape index (κ1) is 16.2. The first-order chi connectivity index (χ1) is 9.92. The fourth-order valence-electron chi connectivity index (χ4n) is 1.74. The van der Waals surface area contributed by atoms with E-state index in [1.54, 1.807) is 13.1 Å². The third-order valence-corrected chi connectivity index (χ3v) is 3.99. The van der Waals surface area contributed by atoms with Crippen LogP contribution in [0.15, 0.2) is 34.8 Å². The first-order valence-electron chi connectivity index (χ1n) is 6.21. The van der Waals surface area contributed by atoms with Gasteiger partial charge in [0, 0.05) is 12.1 Å². The van der Waals surface area contributed by atoms with Crippen molar-refractivity contribution in [1.82, 2.24) is 5.32 Å². The summed E-state index contributed by atoms with van der Waals surface area (Å²) >= 11 is 8.85. The van der Waals surface area contributed by atoms with Crippen LogP contribution in [0.2, 0.25) is 5.02 Å². The Labute approximate surface area is 135 Å². The molecule has 0 aromatic heterocycles. The highest BCUT2D eigenvalue weighted by atomic mass is 79.9. The highest BCUT2D eigenvalue weighted by molar-refractivity contribution is 9.10. The molecule has 1 unspecified atom stereocenters. The Morgan fingerprint density at radius 2 is 1.86 bits per heavy atom. The number of hydrogen-bond acceptors (Lipinski definition) is 2. The van der Waals surface area contributed by atoms with Gasteiger partial charge in [-0.25, -0.2) is 8.78 Å². The van der Waals surface area contributed by atoms with Crippen LogP contribution in [0, 0.1) is 11.6 Å². The van der Waals surface area contributed by atoms with Gasteiger partial charge in [0.05, 0.1) is 9.50 Å². The number of ether oxygens (including phenoxy) is 1. The molecule has 0 bridgehead atoms. The summed E-state index contributed by atoms with van der Waals surface area (Å²) in [7, 11) is 1.79. The van der Waals surface area contributed by atoms with E-state index < -0.39 is 11.6 Å². The third-order valence-electron chi connectivity index (χ3n) is 3.08. The van der Waals surface area contributed by atoms with Gasteiger partial charge in [-0.2, -0.15) is 0 Å². The summed E-state index contributed by atoms with van der Waals surface area (Å²) in [5, 5.41) is 2.99. The van der Waals surface area contributed by atoms with Gasteiger partial charge >= 0.3 is 0 Å². The molecule has 0 saturated carbocycles. The minimum absolute atomic E-state index is 0.0180. The van der Waals surface area contributed by atoms with Crippen molar-refractivity contribution >= 4 is 27.5 Å². The van der Waals surface area contributed by atoms with Crippen molar-refractivity contribution in [3.63, 3.8) is 0 Å². The number of rotatable bonds is 4. The van der Waals surface area contributed by atoms with Gasteiger partial charge in [0.2, 0.25) is 0 Å². The summed E-state index contributed by atoms with van der Waals surface area (Å²) in [5.74, 6) is -0.970. The molecular formula is C15H13BrClF2NO. The molecule has 0 spiro atoms. The fraction of sp³-hybridized carbons (Fsp3) is 0.200. The fourth-order valence-corrected chi connectivity index (χ4v) is 2.46. The van der Waals surface area contributed by atoms with Crippen LogP contribution in [0.4, 0.5) is 8.78 Å². The second kappa shape index (κ2) is 6.73. The van der Waals surface area contributed by atoms with Crippen molar-refractivity contribution < 1.29 is 13.5 Å². The minimum Gasteiger partial charge on any atom is -0.453 e. The molecule has 0 radical (unpaired) electrons. The van der Waals surface area contributed by atoms with E-state index in [1.165, 1.54) is 18.2 Å². The minimum atomic E-state index is -0.629. The Kier molecular flexibility index (Phi) is 5.19. The Balaban J connectivity index is 2.30. The topological polar surface area (TPSA) is 21.3 Å². The molecule has 112 valence electrons. The van der Waals surface area contributed by atoms with Crippen molar-refractivity contribution in [2.75, 3.05) is 7.05 Å². The number of nitrogens with one attached hydrogen (secondary N) is 1.